The lowest BCUT2D eigenvalue weighted by molar-refractivity contribution is 0.331. The van der Waals surface area contributed by atoms with E-state index < -0.39 is 11.6 Å². The molecule has 3 heteroatoms. The lowest BCUT2D eigenvalue weighted by Gasteiger charge is -2.06. The molecule has 0 saturated carbocycles. The summed E-state index contributed by atoms with van der Waals surface area (Å²) in [6.07, 6.45) is 4.58. The first-order chi connectivity index (χ1) is 7.16. The number of hydrogen-bond donors (Lipinski definition) is 0. The second kappa shape index (κ2) is 5.49. The summed E-state index contributed by atoms with van der Waals surface area (Å²) in [4.78, 5) is 0. The van der Waals surface area contributed by atoms with Crippen LogP contribution < -0.4 is 4.74 Å². The van der Waals surface area contributed by atoms with Gasteiger partial charge in [-0.25, -0.2) is 4.39 Å². The minimum Gasteiger partial charge on any atom is -0.486 e. The van der Waals surface area contributed by atoms with Crippen molar-refractivity contribution in [1.82, 2.24) is 0 Å². The molecule has 0 saturated heterocycles. The molecule has 0 amide bonds. The predicted octanol–water partition coefficient (Wildman–Crippen LogP) is 3.62. The Morgan fingerprint density at radius 3 is 2.60 bits per heavy atom. The van der Waals surface area contributed by atoms with E-state index in [1.165, 1.54) is 19.1 Å². The van der Waals surface area contributed by atoms with Gasteiger partial charge in [-0.3, -0.25) is 0 Å². The molecule has 0 atom stereocenters. The molecule has 0 N–H and O–H groups in total. The summed E-state index contributed by atoms with van der Waals surface area (Å²) in [7, 11) is 0. The van der Waals surface area contributed by atoms with Gasteiger partial charge in [0.05, 0.1) is 0 Å². The summed E-state index contributed by atoms with van der Waals surface area (Å²) >= 11 is 0. The molecule has 0 aliphatic heterocycles. The first-order valence-corrected chi connectivity index (χ1v) is 4.89. The molecule has 0 heterocycles. The Balaban J connectivity index is 2.70. The van der Waals surface area contributed by atoms with E-state index in [1.54, 1.807) is 6.08 Å². The van der Waals surface area contributed by atoms with Crippen molar-refractivity contribution in [1.29, 1.82) is 0 Å². The van der Waals surface area contributed by atoms with Gasteiger partial charge in [0, 0.05) is 0 Å². The number of hydrogen-bond acceptors (Lipinski definition) is 1. The van der Waals surface area contributed by atoms with Gasteiger partial charge in [0.25, 0.3) is 0 Å². The van der Waals surface area contributed by atoms with Crippen molar-refractivity contribution in [3.63, 3.8) is 0 Å². The topological polar surface area (TPSA) is 9.23 Å². The normalized spacial score (nSPS) is 10.9. The molecule has 0 aliphatic rings. The summed E-state index contributed by atoms with van der Waals surface area (Å²) in [5, 5.41) is 0. The van der Waals surface area contributed by atoms with Gasteiger partial charge in [-0.2, -0.15) is 4.39 Å². The van der Waals surface area contributed by atoms with E-state index in [1.807, 2.05) is 13.0 Å². The quantitative estimate of drug-likeness (QED) is 0.692. The largest absolute Gasteiger partial charge is 0.486 e. The van der Waals surface area contributed by atoms with Crippen molar-refractivity contribution in [2.75, 3.05) is 6.61 Å². The molecule has 0 bridgehead atoms. The Labute approximate surface area is 88.4 Å². The fraction of sp³-hybridized carbons (Fsp3) is 0.333. The highest BCUT2D eigenvalue weighted by Gasteiger charge is 2.11. The van der Waals surface area contributed by atoms with Crippen molar-refractivity contribution in [2.45, 2.75) is 20.3 Å². The molecule has 0 aromatic heterocycles. The maximum absolute atomic E-state index is 13.2. The van der Waals surface area contributed by atoms with E-state index in [9.17, 15) is 8.78 Å². The molecular formula is C12H14F2O. The first-order valence-electron chi connectivity index (χ1n) is 4.89. The van der Waals surface area contributed by atoms with Crippen LogP contribution in [0, 0.1) is 18.6 Å². The molecule has 1 aromatic carbocycles. The average Bonchev–Trinajstić information content (AvgIpc) is 2.24. The van der Waals surface area contributed by atoms with Crippen LogP contribution in [-0.2, 0) is 0 Å². The van der Waals surface area contributed by atoms with E-state index in [4.69, 9.17) is 4.74 Å². The van der Waals surface area contributed by atoms with Crippen LogP contribution in [0.5, 0.6) is 5.75 Å². The summed E-state index contributed by atoms with van der Waals surface area (Å²) < 4.78 is 31.4. The van der Waals surface area contributed by atoms with Crippen molar-refractivity contribution >= 4 is 0 Å². The van der Waals surface area contributed by atoms with Gasteiger partial charge >= 0.3 is 0 Å². The molecule has 0 radical (unpaired) electrons. The van der Waals surface area contributed by atoms with E-state index >= 15 is 0 Å². The van der Waals surface area contributed by atoms with Crippen LogP contribution in [0.4, 0.5) is 8.78 Å². The maximum Gasteiger partial charge on any atom is 0.200 e. The Hall–Kier alpha value is -1.38. The van der Waals surface area contributed by atoms with Crippen LogP contribution in [0.15, 0.2) is 24.3 Å². The van der Waals surface area contributed by atoms with Gasteiger partial charge in [-0.1, -0.05) is 25.1 Å². The fourth-order valence-electron chi connectivity index (χ4n) is 1.11. The van der Waals surface area contributed by atoms with Crippen LogP contribution >= 0.6 is 0 Å². The Morgan fingerprint density at radius 2 is 1.93 bits per heavy atom. The third-order valence-electron chi connectivity index (χ3n) is 1.98. The standard InChI is InChI=1S/C12H14F2O/c1-3-4-5-8-15-10-7-6-9(2)11(13)12(10)14/h4-7H,3,8H2,1-2H3. The third kappa shape index (κ3) is 3.05. The van der Waals surface area contributed by atoms with Gasteiger partial charge in [0.2, 0.25) is 5.82 Å². The first kappa shape index (κ1) is 11.7. The minimum absolute atomic E-state index is 0.0427. The SMILES string of the molecule is CCC=CCOc1ccc(C)c(F)c1F. The van der Waals surface area contributed by atoms with Gasteiger partial charge in [0.15, 0.2) is 11.6 Å². The minimum atomic E-state index is -0.917. The van der Waals surface area contributed by atoms with Gasteiger partial charge < -0.3 is 4.74 Å². The van der Waals surface area contributed by atoms with Crippen molar-refractivity contribution in [3.8, 4) is 5.75 Å². The lowest BCUT2D eigenvalue weighted by Crippen LogP contribution is -1.99. The summed E-state index contributed by atoms with van der Waals surface area (Å²) in [6.45, 7) is 3.76. The highest BCUT2D eigenvalue weighted by molar-refractivity contribution is 5.30. The van der Waals surface area contributed by atoms with E-state index in [0.29, 0.717) is 0 Å². The summed E-state index contributed by atoms with van der Waals surface area (Å²) in [5.74, 6) is -1.80. The number of allylic oxidation sites excluding steroid dienone is 1. The van der Waals surface area contributed by atoms with Crippen LogP contribution in [0.25, 0.3) is 0 Å². The lowest BCUT2D eigenvalue weighted by atomic mass is 10.2. The zero-order valence-electron chi connectivity index (χ0n) is 8.89. The second-order valence-electron chi connectivity index (χ2n) is 3.20. The van der Waals surface area contributed by atoms with E-state index in [-0.39, 0.29) is 17.9 Å². The smallest absolute Gasteiger partial charge is 0.200 e. The van der Waals surface area contributed by atoms with Crippen LogP contribution in [0.3, 0.4) is 0 Å². The number of benzene rings is 1. The molecule has 1 rings (SSSR count). The number of aryl methyl sites for hydroxylation is 1. The zero-order chi connectivity index (χ0) is 11.3. The van der Waals surface area contributed by atoms with Gasteiger partial charge in [0.1, 0.15) is 6.61 Å². The Morgan fingerprint density at radius 1 is 1.20 bits per heavy atom. The van der Waals surface area contributed by atoms with Crippen molar-refractivity contribution in [3.05, 3.63) is 41.5 Å². The van der Waals surface area contributed by atoms with Gasteiger partial charge in [-0.15, -0.1) is 0 Å². The van der Waals surface area contributed by atoms with E-state index in [0.717, 1.165) is 6.42 Å². The third-order valence-corrected chi connectivity index (χ3v) is 1.98. The molecule has 0 fully saturated rings. The van der Waals surface area contributed by atoms with E-state index in [2.05, 4.69) is 0 Å². The van der Waals surface area contributed by atoms with Crippen LogP contribution in [0.2, 0.25) is 0 Å². The number of halogens is 2. The molecule has 0 spiro atoms. The molecule has 15 heavy (non-hydrogen) atoms. The zero-order valence-corrected chi connectivity index (χ0v) is 8.89. The predicted molar refractivity (Wildman–Crippen MR) is 56.0 cm³/mol. The van der Waals surface area contributed by atoms with Crippen LogP contribution in [-0.4, -0.2) is 6.61 Å². The molecule has 82 valence electrons. The summed E-state index contributed by atoms with van der Waals surface area (Å²) in [5.41, 5.74) is 0.281. The van der Waals surface area contributed by atoms with Crippen molar-refractivity contribution < 1.29 is 13.5 Å². The molecule has 1 aromatic rings. The number of rotatable bonds is 4. The monoisotopic (exact) mass is 212 g/mol. The molecular weight excluding hydrogens is 198 g/mol. The van der Waals surface area contributed by atoms with Crippen LogP contribution in [0.1, 0.15) is 18.9 Å². The molecule has 0 unspecified atom stereocenters. The highest BCUT2D eigenvalue weighted by Crippen LogP contribution is 2.21. The maximum atomic E-state index is 13.2. The average molecular weight is 212 g/mol. The van der Waals surface area contributed by atoms with Gasteiger partial charge in [-0.05, 0) is 25.0 Å². The molecule has 0 aliphatic carbocycles. The number of ether oxygens (including phenoxy) is 1. The molecule has 1 nitrogen and oxygen atoms in total. The summed E-state index contributed by atoms with van der Waals surface area (Å²) in [6, 6.07) is 2.94. The Kier molecular flexibility index (Phi) is 4.28. The Bertz CT molecular complexity index is 359. The fourth-order valence-corrected chi connectivity index (χ4v) is 1.11. The highest BCUT2D eigenvalue weighted by atomic mass is 19.2. The second-order valence-corrected chi connectivity index (χ2v) is 3.20. The van der Waals surface area contributed by atoms with Crippen molar-refractivity contribution in [2.24, 2.45) is 0 Å².